The van der Waals surface area contributed by atoms with E-state index in [0.29, 0.717) is 31.9 Å². The number of hydrogen-bond acceptors (Lipinski definition) is 5. The quantitative estimate of drug-likeness (QED) is 0.621. The van der Waals surface area contributed by atoms with E-state index in [2.05, 4.69) is 10.1 Å². The Labute approximate surface area is 159 Å². The Morgan fingerprint density at radius 2 is 1.64 bits per heavy atom. The zero-order chi connectivity index (χ0) is 20.1. The summed E-state index contributed by atoms with van der Waals surface area (Å²) in [4.78, 5) is 26.3. The Bertz CT molecular complexity index is 822. The molecule has 1 N–H and O–H groups in total. The number of non-ortho nitro benzene ring substituents is 1. The predicted octanol–water partition coefficient (Wildman–Crippen LogP) is 3.55. The third-order valence-electron chi connectivity index (χ3n) is 4.32. The summed E-state index contributed by atoms with van der Waals surface area (Å²) in [5.41, 5.74) is 1.37. The predicted molar refractivity (Wildman–Crippen MR) is 99.0 cm³/mol. The van der Waals surface area contributed by atoms with Gasteiger partial charge in [-0.05, 0) is 36.4 Å². The van der Waals surface area contributed by atoms with Gasteiger partial charge in [0.15, 0.2) is 0 Å². The monoisotopic (exact) mass is 392 g/mol. The molecule has 0 aromatic heterocycles. The van der Waals surface area contributed by atoms with Crippen LogP contribution in [0.1, 0.15) is 0 Å². The molecule has 2 amide bonds. The van der Waals surface area contributed by atoms with Crippen LogP contribution in [0, 0.1) is 10.1 Å². The van der Waals surface area contributed by atoms with Crippen molar-refractivity contribution in [3.05, 3.63) is 58.6 Å². The molecule has 0 unspecified atom stereocenters. The van der Waals surface area contributed by atoms with E-state index < -0.39 is 11.5 Å². The van der Waals surface area contributed by atoms with Gasteiger partial charge in [0.1, 0.15) is 5.75 Å². The maximum atomic E-state index is 12.4. The van der Waals surface area contributed by atoms with Gasteiger partial charge in [0.05, 0.1) is 4.92 Å². The lowest BCUT2D eigenvalue weighted by Crippen LogP contribution is -2.50. The molecule has 0 aliphatic carbocycles. The Hall–Kier alpha value is -3.43. The molecule has 1 saturated heterocycles. The third-order valence-corrected chi connectivity index (χ3v) is 4.32. The standard InChI is InChI=1S/C18H18F2N4O4/c19-17(20)28-16-7-1-13(2-8-16)21-18(25)23-11-9-22(10-12-23)14-3-5-15(6-4-14)24(26)27/h1-8,17H,9-12H2,(H,21,25). The van der Waals surface area contributed by atoms with Crippen LogP contribution in [0.25, 0.3) is 0 Å². The maximum absolute atomic E-state index is 12.4. The van der Waals surface area contributed by atoms with Crippen molar-refractivity contribution in [2.75, 3.05) is 36.4 Å². The third kappa shape index (κ3) is 4.84. The minimum Gasteiger partial charge on any atom is -0.435 e. The van der Waals surface area contributed by atoms with E-state index in [1.54, 1.807) is 17.0 Å². The van der Waals surface area contributed by atoms with Gasteiger partial charge in [0, 0.05) is 49.7 Å². The molecule has 2 aromatic carbocycles. The smallest absolute Gasteiger partial charge is 0.387 e. The highest BCUT2D eigenvalue weighted by Gasteiger charge is 2.21. The van der Waals surface area contributed by atoms with Gasteiger partial charge in [-0.3, -0.25) is 10.1 Å². The molecular weight excluding hydrogens is 374 g/mol. The molecule has 0 atom stereocenters. The largest absolute Gasteiger partial charge is 0.435 e. The van der Waals surface area contributed by atoms with Gasteiger partial charge in [-0.15, -0.1) is 0 Å². The highest BCUT2D eigenvalue weighted by molar-refractivity contribution is 5.89. The first-order valence-corrected chi connectivity index (χ1v) is 8.52. The summed E-state index contributed by atoms with van der Waals surface area (Å²) in [6.07, 6.45) is 0. The Morgan fingerprint density at radius 3 is 2.18 bits per heavy atom. The first-order chi connectivity index (χ1) is 13.4. The number of nitrogens with zero attached hydrogens (tertiary/aromatic N) is 3. The first kappa shape index (κ1) is 19.3. The molecule has 2 aromatic rings. The molecule has 1 aliphatic heterocycles. The fourth-order valence-corrected chi connectivity index (χ4v) is 2.88. The van der Waals surface area contributed by atoms with Crippen molar-refractivity contribution in [3.8, 4) is 5.75 Å². The van der Waals surface area contributed by atoms with E-state index in [1.807, 2.05) is 4.90 Å². The van der Waals surface area contributed by atoms with Crippen molar-refractivity contribution in [2.45, 2.75) is 6.61 Å². The summed E-state index contributed by atoms with van der Waals surface area (Å²) in [7, 11) is 0. The second-order valence-corrected chi connectivity index (χ2v) is 6.08. The molecule has 0 saturated carbocycles. The molecular formula is C18H18F2N4O4. The van der Waals surface area contributed by atoms with E-state index in [1.165, 1.54) is 36.4 Å². The number of piperazine rings is 1. The zero-order valence-corrected chi connectivity index (χ0v) is 14.8. The second-order valence-electron chi connectivity index (χ2n) is 6.08. The van der Waals surface area contributed by atoms with Crippen LogP contribution in [-0.4, -0.2) is 48.6 Å². The zero-order valence-electron chi connectivity index (χ0n) is 14.8. The van der Waals surface area contributed by atoms with Gasteiger partial charge in [-0.25, -0.2) is 4.79 Å². The number of nitro benzene ring substituents is 1. The number of benzene rings is 2. The molecule has 1 fully saturated rings. The fourth-order valence-electron chi connectivity index (χ4n) is 2.88. The molecule has 28 heavy (non-hydrogen) atoms. The summed E-state index contributed by atoms with van der Waals surface area (Å²) in [6, 6.07) is 11.7. The van der Waals surface area contributed by atoms with Crippen LogP contribution >= 0.6 is 0 Å². The lowest BCUT2D eigenvalue weighted by molar-refractivity contribution is -0.384. The van der Waals surface area contributed by atoms with Gasteiger partial charge in [0.2, 0.25) is 0 Å². The molecule has 0 spiro atoms. The summed E-state index contributed by atoms with van der Waals surface area (Å²) >= 11 is 0. The summed E-state index contributed by atoms with van der Waals surface area (Å²) in [5.74, 6) is 0.0183. The van der Waals surface area contributed by atoms with E-state index in [0.717, 1.165) is 5.69 Å². The van der Waals surface area contributed by atoms with Gasteiger partial charge in [-0.2, -0.15) is 8.78 Å². The lowest BCUT2D eigenvalue weighted by atomic mass is 10.2. The Kier molecular flexibility index (Phi) is 5.87. The molecule has 1 aliphatic rings. The molecule has 148 valence electrons. The number of nitro groups is 1. The number of nitrogens with one attached hydrogen (secondary N) is 1. The summed E-state index contributed by atoms with van der Waals surface area (Å²) in [6.45, 7) is -0.753. The van der Waals surface area contributed by atoms with Crippen LogP contribution in [-0.2, 0) is 0 Å². The van der Waals surface area contributed by atoms with Crippen molar-refractivity contribution in [3.63, 3.8) is 0 Å². The highest BCUT2D eigenvalue weighted by atomic mass is 19.3. The SMILES string of the molecule is O=C(Nc1ccc(OC(F)F)cc1)N1CCN(c2ccc([N+](=O)[O-])cc2)CC1. The molecule has 0 bridgehead atoms. The van der Waals surface area contributed by atoms with E-state index >= 15 is 0 Å². The van der Waals surface area contributed by atoms with Gasteiger partial charge < -0.3 is 19.9 Å². The summed E-state index contributed by atoms with van der Waals surface area (Å²) in [5, 5.41) is 13.4. The minimum absolute atomic E-state index is 0.0183. The first-order valence-electron chi connectivity index (χ1n) is 8.52. The molecule has 3 rings (SSSR count). The van der Waals surface area contributed by atoms with Crippen molar-refractivity contribution in [1.82, 2.24) is 4.90 Å². The van der Waals surface area contributed by atoms with Crippen molar-refractivity contribution >= 4 is 23.1 Å². The van der Waals surface area contributed by atoms with Crippen LogP contribution < -0.4 is 15.0 Å². The lowest BCUT2D eigenvalue weighted by Gasteiger charge is -2.36. The van der Waals surface area contributed by atoms with Gasteiger partial charge in [-0.1, -0.05) is 0 Å². The van der Waals surface area contributed by atoms with E-state index in [4.69, 9.17) is 0 Å². The Morgan fingerprint density at radius 1 is 1.04 bits per heavy atom. The Balaban J connectivity index is 1.51. The summed E-state index contributed by atoms with van der Waals surface area (Å²) < 4.78 is 28.6. The minimum atomic E-state index is -2.90. The van der Waals surface area contributed by atoms with Crippen LogP contribution in [0.4, 0.5) is 30.6 Å². The average Bonchev–Trinajstić information content (AvgIpc) is 2.69. The van der Waals surface area contributed by atoms with Crippen molar-refractivity contribution in [2.24, 2.45) is 0 Å². The highest BCUT2D eigenvalue weighted by Crippen LogP contribution is 2.21. The molecule has 0 radical (unpaired) electrons. The van der Waals surface area contributed by atoms with Crippen molar-refractivity contribution in [1.29, 1.82) is 0 Å². The second kappa shape index (κ2) is 8.51. The number of urea groups is 1. The van der Waals surface area contributed by atoms with Gasteiger partial charge in [0.25, 0.3) is 5.69 Å². The number of halogens is 2. The van der Waals surface area contributed by atoms with E-state index in [9.17, 15) is 23.7 Å². The van der Waals surface area contributed by atoms with Crippen LogP contribution in [0.3, 0.4) is 0 Å². The van der Waals surface area contributed by atoms with Crippen LogP contribution in [0.15, 0.2) is 48.5 Å². The van der Waals surface area contributed by atoms with E-state index in [-0.39, 0.29) is 17.5 Å². The number of anilines is 2. The number of rotatable bonds is 5. The fraction of sp³-hybridized carbons (Fsp3) is 0.278. The number of ether oxygens (including phenoxy) is 1. The van der Waals surface area contributed by atoms with Crippen molar-refractivity contribution < 1.29 is 23.2 Å². The number of amides is 2. The average molecular weight is 392 g/mol. The number of hydrogen-bond donors (Lipinski definition) is 1. The number of alkyl halides is 2. The topological polar surface area (TPSA) is 88.0 Å². The number of carbonyl (C=O) groups excluding carboxylic acids is 1. The maximum Gasteiger partial charge on any atom is 0.387 e. The van der Waals surface area contributed by atoms with Gasteiger partial charge >= 0.3 is 12.6 Å². The van der Waals surface area contributed by atoms with Crippen LogP contribution in [0.5, 0.6) is 5.75 Å². The molecule has 8 nitrogen and oxygen atoms in total. The normalized spacial score (nSPS) is 14.1. The number of carbonyl (C=O) groups is 1. The molecule has 10 heteroatoms. The molecule has 1 heterocycles. The van der Waals surface area contributed by atoms with Crippen LogP contribution in [0.2, 0.25) is 0 Å².